The highest BCUT2D eigenvalue weighted by Crippen LogP contribution is 2.32. The lowest BCUT2D eigenvalue weighted by molar-refractivity contribution is -0.189. The highest BCUT2D eigenvalue weighted by Gasteiger charge is 2.51. The Kier molecular flexibility index (Phi) is 8.31. The topological polar surface area (TPSA) is 119 Å². The molecule has 13 heteroatoms. The normalized spacial score (nSPS) is 20.6. The van der Waals surface area contributed by atoms with Crippen molar-refractivity contribution in [1.29, 1.82) is 0 Å². The number of urea groups is 1. The SMILES string of the molecule is C=CCN1CC(=O)N2[C@@H](CC3=CCC(=O)N=C3)C(=O)N(Cc3ccc(F)c4scnc34)C[C@@H]2N1C(=O)NCc1ccccc1. The number of dihydropyridines is 1. The van der Waals surface area contributed by atoms with Crippen molar-refractivity contribution < 1.29 is 23.6 Å². The van der Waals surface area contributed by atoms with E-state index >= 15 is 0 Å². The van der Waals surface area contributed by atoms with Crippen LogP contribution in [0.1, 0.15) is 24.0 Å². The molecule has 226 valence electrons. The molecule has 0 aliphatic carbocycles. The first-order valence-electron chi connectivity index (χ1n) is 14.2. The molecule has 6 rings (SSSR count). The van der Waals surface area contributed by atoms with E-state index in [9.17, 15) is 23.6 Å². The molecule has 44 heavy (non-hydrogen) atoms. The molecule has 5 amide bonds. The first-order chi connectivity index (χ1) is 21.3. The molecule has 2 saturated heterocycles. The number of carbonyl (C=O) groups is 4. The van der Waals surface area contributed by atoms with Gasteiger partial charge in [-0.3, -0.25) is 14.4 Å². The van der Waals surface area contributed by atoms with Crippen LogP contribution in [0.5, 0.6) is 0 Å². The van der Waals surface area contributed by atoms with Gasteiger partial charge < -0.3 is 15.1 Å². The lowest BCUT2D eigenvalue weighted by Crippen LogP contribution is -2.76. The number of hydrogen-bond acceptors (Lipinski definition) is 7. The minimum atomic E-state index is -0.964. The molecule has 11 nitrogen and oxygen atoms in total. The Morgan fingerprint density at radius 3 is 2.73 bits per heavy atom. The van der Waals surface area contributed by atoms with Crippen molar-refractivity contribution in [2.45, 2.75) is 38.1 Å². The van der Waals surface area contributed by atoms with Crippen molar-refractivity contribution >= 4 is 51.5 Å². The van der Waals surface area contributed by atoms with Crippen LogP contribution < -0.4 is 5.32 Å². The molecule has 2 fully saturated rings. The summed E-state index contributed by atoms with van der Waals surface area (Å²) >= 11 is 1.18. The Bertz CT molecular complexity index is 1690. The predicted molar refractivity (Wildman–Crippen MR) is 163 cm³/mol. The van der Waals surface area contributed by atoms with Crippen LogP contribution in [0.4, 0.5) is 9.18 Å². The number of benzene rings is 2. The zero-order valence-electron chi connectivity index (χ0n) is 23.8. The zero-order chi connectivity index (χ0) is 30.8. The van der Waals surface area contributed by atoms with Crippen LogP contribution >= 0.6 is 11.3 Å². The number of aliphatic imine (C=N–C) groups is 1. The van der Waals surface area contributed by atoms with Crippen molar-refractivity contribution in [2.75, 3.05) is 19.6 Å². The van der Waals surface area contributed by atoms with E-state index < -0.39 is 24.1 Å². The van der Waals surface area contributed by atoms with E-state index in [1.807, 2.05) is 30.3 Å². The lowest BCUT2D eigenvalue weighted by Gasteiger charge is -2.55. The van der Waals surface area contributed by atoms with E-state index in [2.05, 4.69) is 21.9 Å². The first kappa shape index (κ1) is 29.3. The number of aromatic nitrogens is 1. The molecule has 0 unspecified atom stereocenters. The number of halogens is 1. The Balaban J connectivity index is 1.36. The predicted octanol–water partition coefficient (Wildman–Crippen LogP) is 3.25. The maximum absolute atomic E-state index is 14.5. The van der Waals surface area contributed by atoms with Gasteiger partial charge in [0.05, 0.1) is 28.8 Å². The van der Waals surface area contributed by atoms with Gasteiger partial charge in [0, 0.05) is 38.7 Å². The number of piperazine rings is 1. The van der Waals surface area contributed by atoms with Crippen LogP contribution in [0.2, 0.25) is 0 Å². The fraction of sp³-hybridized carbons (Fsp3) is 0.290. The van der Waals surface area contributed by atoms with E-state index in [0.29, 0.717) is 21.4 Å². The smallest absolute Gasteiger partial charge is 0.333 e. The van der Waals surface area contributed by atoms with Crippen LogP contribution in [-0.4, -0.2) is 86.6 Å². The molecule has 0 saturated carbocycles. The van der Waals surface area contributed by atoms with Crippen LogP contribution in [-0.2, 0) is 27.5 Å². The number of carbonyl (C=O) groups excluding carboxylic acids is 4. The Hall–Kier alpha value is -4.75. The van der Waals surface area contributed by atoms with Crippen molar-refractivity contribution in [3.63, 3.8) is 0 Å². The standard InChI is InChI=1S/C31H30FN7O4S/c1-2-12-37-18-27(41)38-24(13-21-8-11-25(40)33-15-21)30(42)36(16-22-9-10-23(32)29-28(22)35-19-44-29)17-26(38)39(37)31(43)34-14-20-6-4-3-5-7-20/h2-10,15,19,24,26H,1,11-14,16-18H2,(H,34,43)/t24-,26-/m0/s1. The molecule has 0 radical (unpaired) electrons. The summed E-state index contributed by atoms with van der Waals surface area (Å²) in [6.07, 6.45) is 4.12. The van der Waals surface area contributed by atoms with Gasteiger partial charge in [-0.2, -0.15) is 0 Å². The third-order valence-corrected chi connectivity index (χ3v) is 8.72. The minimum Gasteiger partial charge on any atom is -0.333 e. The number of thiazole rings is 1. The van der Waals surface area contributed by atoms with Crippen molar-refractivity contribution in [3.8, 4) is 0 Å². The minimum absolute atomic E-state index is 0.0160. The number of hydrazine groups is 1. The van der Waals surface area contributed by atoms with E-state index in [1.165, 1.54) is 33.5 Å². The second-order valence-corrected chi connectivity index (χ2v) is 11.6. The molecule has 2 atom stereocenters. The summed E-state index contributed by atoms with van der Waals surface area (Å²) in [6, 6.07) is 11.0. The van der Waals surface area contributed by atoms with E-state index in [-0.39, 0.29) is 63.3 Å². The van der Waals surface area contributed by atoms with Crippen molar-refractivity contribution in [2.24, 2.45) is 4.99 Å². The van der Waals surface area contributed by atoms with Crippen LogP contribution in [0.15, 0.2) is 77.3 Å². The summed E-state index contributed by atoms with van der Waals surface area (Å²) in [6.45, 7) is 4.28. The van der Waals surface area contributed by atoms with E-state index in [0.717, 1.165) is 5.56 Å². The van der Waals surface area contributed by atoms with Gasteiger partial charge in [0.15, 0.2) is 0 Å². The second-order valence-electron chi connectivity index (χ2n) is 10.7. The maximum atomic E-state index is 14.5. The Morgan fingerprint density at radius 2 is 1.98 bits per heavy atom. The van der Waals surface area contributed by atoms with Crippen molar-refractivity contribution in [3.05, 3.63) is 89.2 Å². The first-order valence-corrected chi connectivity index (χ1v) is 15.0. The van der Waals surface area contributed by atoms with Gasteiger partial charge in [-0.1, -0.05) is 48.6 Å². The van der Waals surface area contributed by atoms with E-state index in [1.54, 1.807) is 33.6 Å². The number of fused-ring (bicyclic) bond motifs is 2. The highest BCUT2D eigenvalue weighted by molar-refractivity contribution is 7.16. The quantitative estimate of drug-likeness (QED) is 0.389. The molecule has 3 aliphatic heterocycles. The summed E-state index contributed by atoms with van der Waals surface area (Å²) in [5.41, 5.74) is 4.22. The van der Waals surface area contributed by atoms with Crippen LogP contribution in [0, 0.1) is 5.82 Å². The summed E-state index contributed by atoms with van der Waals surface area (Å²) in [5.74, 6) is -1.31. The number of amides is 5. The molecular formula is C31H30FN7O4S. The molecule has 4 heterocycles. The molecule has 0 spiro atoms. The molecule has 3 aromatic rings. The van der Waals surface area contributed by atoms with Gasteiger partial charge in [0.2, 0.25) is 17.7 Å². The van der Waals surface area contributed by atoms with Crippen molar-refractivity contribution in [1.82, 2.24) is 30.1 Å². The number of hydrogen-bond donors (Lipinski definition) is 1. The Labute approximate surface area is 256 Å². The highest BCUT2D eigenvalue weighted by atomic mass is 32.1. The number of nitrogens with one attached hydrogen (secondary N) is 1. The number of nitrogens with zero attached hydrogens (tertiary/aromatic N) is 6. The molecule has 1 aromatic heterocycles. The van der Waals surface area contributed by atoms with Gasteiger partial charge >= 0.3 is 6.03 Å². The summed E-state index contributed by atoms with van der Waals surface area (Å²) in [5, 5.41) is 6.08. The van der Waals surface area contributed by atoms with Crippen LogP contribution in [0.3, 0.4) is 0 Å². The van der Waals surface area contributed by atoms with Gasteiger partial charge in [-0.05, 0) is 22.8 Å². The molecule has 0 bridgehead atoms. The van der Waals surface area contributed by atoms with Gasteiger partial charge in [0.1, 0.15) is 18.0 Å². The molecule has 2 aromatic carbocycles. The van der Waals surface area contributed by atoms with E-state index in [4.69, 9.17) is 0 Å². The maximum Gasteiger partial charge on any atom is 0.334 e. The average molecular weight is 616 g/mol. The zero-order valence-corrected chi connectivity index (χ0v) is 24.6. The molecule has 1 N–H and O–H groups in total. The van der Waals surface area contributed by atoms with Gasteiger partial charge in [0.25, 0.3) is 0 Å². The third-order valence-electron chi connectivity index (χ3n) is 7.89. The fourth-order valence-electron chi connectivity index (χ4n) is 5.84. The molecular weight excluding hydrogens is 585 g/mol. The van der Waals surface area contributed by atoms with Gasteiger partial charge in [-0.25, -0.2) is 29.2 Å². The number of rotatable bonds is 8. The monoisotopic (exact) mass is 615 g/mol. The average Bonchev–Trinajstić information content (AvgIpc) is 3.52. The Morgan fingerprint density at radius 1 is 1.16 bits per heavy atom. The molecule has 3 aliphatic rings. The summed E-state index contributed by atoms with van der Waals surface area (Å²) in [7, 11) is 0. The largest absolute Gasteiger partial charge is 0.334 e. The lowest BCUT2D eigenvalue weighted by atomic mass is 9.97. The second kappa shape index (κ2) is 12.5. The summed E-state index contributed by atoms with van der Waals surface area (Å²) < 4.78 is 14.9. The summed E-state index contributed by atoms with van der Waals surface area (Å²) in [4.78, 5) is 64.7. The third kappa shape index (κ3) is 5.75. The van der Waals surface area contributed by atoms with Gasteiger partial charge in [-0.15, -0.1) is 17.9 Å². The van der Waals surface area contributed by atoms with Crippen LogP contribution in [0.25, 0.3) is 10.2 Å². The fourth-order valence-corrected chi connectivity index (χ4v) is 6.58.